The predicted octanol–water partition coefficient (Wildman–Crippen LogP) is 5.08. The van der Waals surface area contributed by atoms with Gasteiger partial charge in [-0.3, -0.25) is 0 Å². The number of anilines is 1. The van der Waals surface area contributed by atoms with Crippen LogP contribution in [0, 0.1) is 6.92 Å². The van der Waals surface area contributed by atoms with Crippen molar-refractivity contribution in [2.45, 2.75) is 25.8 Å². The third kappa shape index (κ3) is 4.05. The Morgan fingerprint density at radius 1 is 1.31 bits per heavy atom. The van der Waals surface area contributed by atoms with Crippen LogP contribution in [0.5, 0.6) is 5.75 Å². The van der Waals surface area contributed by atoms with E-state index in [2.05, 4.69) is 15.5 Å². The van der Waals surface area contributed by atoms with Gasteiger partial charge in [-0.15, -0.1) is 0 Å². The fourth-order valence-corrected chi connectivity index (χ4v) is 3.71. The second-order valence-electron chi connectivity index (χ2n) is 6.95. The van der Waals surface area contributed by atoms with Gasteiger partial charge in [0.25, 0.3) is 0 Å². The van der Waals surface area contributed by atoms with Crippen molar-refractivity contribution < 1.29 is 14.1 Å². The van der Waals surface area contributed by atoms with Crippen LogP contribution < -0.4 is 10.1 Å². The van der Waals surface area contributed by atoms with Crippen LogP contribution in [0.15, 0.2) is 47.0 Å². The van der Waals surface area contributed by atoms with Crippen LogP contribution in [0.1, 0.15) is 30.3 Å². The van der Waals surface area contributed by atoms with Crippen LogP contribution in [0.3, 0.4) is 0 Å². The molecule has 4 rings (SSSR count). The number of aryl methyl sites for hydroxylation is 1. The first-order valence-electron chi connectivity index (χ1n) is 9.37. The molecular weight excluding hydrogens is 392 g/mol. The zero-order valence-corrected chi connectivity index (χ0v) is 16.9. The Balaban J connectivity index is 1.52. The van der Waals surface area contributed by atoms with E-state index in [4.69, 9.17) is 20.9 Å². The number of ether oxygens (including phenoxy) is 1. The summed E-state index contributed by atoms with van der Waals surface area (Å²) in [5.74, 6) is 1.60. The highest BCUT2D eigenvalue weighted by Crippen LogP contribution is 2.33. The van der Waals surface area contributed by atoms with Crippen molar-refractivity contribution in [2.75, 3.05) is 19.0 Å². The molecular formula is C21H21ClN4O3. The molecule has 150 valence electrons. The number of aromatic nitrogens is 2. The van der Waals surface area contributed by atoms with E-state index in [0.717, 1.165) is 24.0 Å². The molecule has 1 aliphatic rings. The largest absolute Gasteiger partial charge is 0.497 e. The number of benzene rings is 2. The zero-order chi connectivity index (χ0) is 20.4. The van der Waals surface area contributed by atoms with Crippen molar-refractivity contribution in [3.8, 4) is 17.1 Å². The molecule has 0 aliphatic carbocycles. The van der Waals surface area contributed by atoms with Crippen LogP contribution in [0.25, 0.3) is 11.4 Å². The lowest BCUT2D eigenvalue weighted by Crippen LogP contribution is -2.34. The monoisotopic (exact) mass is 412 g/mol. The molecule has 1 aliphatic heterocycles. The van der Waals surface area contributed by atoms with Gasteiger partial charge in [0.1, 0.15) is 11.8 Å². The molecule has 0 bridgehead atoms. The van der Waals surface area contributed by atoms with Gasteiger partial charge >= 0.3 is 6.03 Å². The number of amides is 2. The first-order chi connectivity index (χ1) is 14.0. The van der Waals surface area contributed by atoms with Gasteiger partial charge in [-0.05, 0) is 49.6 Å². The third-order valence-corrected chi connectivity index (χ3v) is 5.25. The lowest BCUT2D eigenvalue weighted by Gasteiger charge is -2.22. The molecule has 0 unspecified atom stereocenters. The maximum atomic E-state index is 12.8. The zero-order valence-electron chi connectivity index (χ0n) is 16.2. The topological polar surface area (TPSA) is 80.5 Å². The number of rotatable bonds is 4. The van der Waals surface area contributed by atoms with E-state index in [0.29, 0.717) is 34.7 Å². The molecule has 2 aromatic carbocycles. The smallest absolute Gasteiger partial charge is 0.322 e. The number of carbonyl (C=O) groups excluding carboxylic acids is 1. The Bertz CT molecular complexity index is 1040. The van der Waals surface area contributed by atoms with Gasteiger partial charge in [-0.2, -0.15) is 4.98 Å². The summed E-state index contributed by atoms with van der Waals surface area (Å²) >= 11 is 6.25. The fraction of sp³-hybridized carbons (Fsp3) is 0.286. The number of nitrogens with zero attached hydrogens (tertiary/aromatic N) is 3. The molecule has 1 aromatic heterocycles. The summed E-state index contributed by atoms with van der Waals surface area (Å²) in [5.41, 5.74) is 2.40. The summed E-state index contributed by atoms with van der Waals surface area (Å²) in [6, 6.07) is 12.5. The van der Waals surface area contributed by atoms with Gasteiger partial charge < -0.3 is 19.5 Å². The molecule has 1 fully saturated rings. The molecule has 0 spiro atoms. The summed E-state index contributed by atoms with van der Waals surface area (Å²) in [4.78, 5) is 19.1. The average Bonchev–Trinajstić information content (AvgIpc) is 3.39. The Kier molecular flexibility index (Phi) is 5.40. The van der Waals surface area contributed by atoms with Crippen LogP contribution in [-0.4, -0.2) is 34.7 Å². The van der Waals surface area contributed by atoms with Gasteiger partial charge in [-0.1, -0.05) is 35.0 Å². The summed E-state index contributed by atoms with van der Waals surface area (Å²) in [5, 5.41) is 7.47. The normalized spacial score (nSPS) is 16.1. The summed E-state index contributed by atoms with van der Waals surface area (Å²) in [7, 11) is 1.61. The number of carbonyl (C=O) groups is 1. The molecule has 3 aromatic rings. The quantitative estimate of drug-likeness (QED) is 0.646. The number of hydrogen-bond acceptors (Lipinski definition) is 5. The van der Waals surface area contributed by atoms with Crippen molar-refractivity contribution in [2.24, 2.45) is 0 Å². The Hall–Kier alpha value is -3.06. The van der Waals surface area contributed by atoms with E-state index in [-0.39, 0.29) is 12.1 Å². The number of methoxy groups -OCH3 is 1. The van der Waals surface area contributed by atoms with Gasteiger partial charge in [0.05, 0.1) is 17.8 Å². The molecule has 1 atom stereocenters. The summed E-state index contributed by atoms with van der Waals surface area (Å²) < 4.78 is 10.7. The Morgan fingerprint density at radius 3 is 2.97 bits per heavy atom. The molecule has 2 heterocycles. The number of nitrogens with one attached hydrogen (secondary N) is 1. The maximum Gasteiger partial charge on any atom is 0.322 e. The third-order valence-electron chi connectivity index (χ3n) is 4.93. The van der Waals surface area contributed by atoms with Crippen molar-refractivity contribution in [1.29, 1.82) is 0 Å². The van der Waals surface area contributed by atoms with Crippen molar-refractivity contribution in [3.05, 3.63) is 58.9 Å². The molecule has 1 N–H and O–H groups in total. The first kappa shape index (κ1) is 19.3. The molecule has 8 heteroatoms. The highest BCUT2D eigenvalue weighted by Gasteiger charge is 2.34. The maximum absolute atomic E-state index is 12.8. The minimum absolute atomic E-state index is 0.237. The molecule has 0 saturated carbocycles. The van der Waals surface area contributed by atoms with Gasteiger partial charge in [0.15, 0.2) is 0 Å². The van der Waals surface area contributed by atoms with E-state index in [1.165, 1.54) is 0 Å². The van der Waals surface area contributed by atoms with Crippen molar-refractivity contribution in [1.82, 2.24) is 15.0 Å². The van der Waals surface area contributed by atoms with Crippen LogP contribution in [0.4, 0.5) is 10.5 Å². The fourth-order valence-electron chi connectivity index (χ4n) is 3.43. The number of hydrogen-bond donors (Lipinski definition) is 1. The lowest BCUT2D eigenvalue weighted by molar-refractivity contribution is 0.193. The molecule has 7 nitrogen and oxygen atoms in total. The molecule has 0 radical (unpaired) electrons. The number of halogens is 1. The predicted molar refractivity (Wildman–Crippen MR) is 110 cm³/mol. The highest BCUT2D eigenvalue weighted by atomic mass is 35.5. The number of urea groups is 1. The van der Waals surface area contributed by atoms with Crippen LogP contribution >= 0.6 is 11.6 Å². The molecule has 1 saturated heterocycles. The molecule has 29 heavy (non-hydrogen) atoms. The van der Waals surface area contributed by atoms with Crippen molar-refractivity contribution in [3.63, 3.8) is 0 Å². The van der Waals surface area contributed by atoms with E-state index >= 15 is 0 Å². The lowest BCUT2D eigenvalue weighted by atomic mass is 10.2. The van der Waals surface area contributed by atoms with Crippen LogP contribution in [0.2, 0.25) is 5.02 Å². The van der Waals surface area contributed by atoms with E-state index in [1.807, 2.05) is 43.3 Å². The SMILES string of the molecule is COc1cccc(-c2noc([C@@H]3CCCN3C(=O)Nc3ccc(C)cc3Cl)n2)c1. The standard InChI is InChI=1S/C21H21ClN4O3/c1-13-8-9-17(16(22)11-13)23-21(27)26-10-4-7-18(26)20-24-19(25-29-20)14-5-3-6-15(12-14)28-2/h3,5-6,8-9,11-12,18H,4,7,10H2,1-2H3,(H,23,27)/t18-/m0/s1. The van der Waals surface area contributed by atoms with E-state index in [9.17, 15) is 4.79 Å². The number of likely N-dealkylation sites (tertiary alicyclic amines) is 1. The van der Waals surface area contributed by atoms with E-state index in [1.54, 1.807) is 18.1 Å². The second-order valence-corrected chi connectivity index (χ2v) is 7.36. The van der Waals surface area contributed by atoms with Gasteiger partial charge in [0, 0.05) is 12.1 Å². The minimum atomic E-state index is -0.272. The summed E-state index contributed by atoms with van der Waals surface area (Å²) in [6.45, 7) is 2.56. The average molecular weight is 413 g/mol. The van der Waals surface area contributed by atoms with Crippen LogP contribution in [-0.2, 0) is 0 Å². The van der Waals surface area contributed by atoms with Gasteiger partial charge in [-0.25, -0.2) is 4.79 Å². The summed E-state index contributed by atoms with van der Waals surface area (Å²) in [6.07, 6.45) is 1.62. The minimum Gasteiger partial charge on any atom is -0.497 e. The van der Waals surface area contributed by atoms with E-state index < -0.39 is 0 Å². The molecule has 2 amide bonds. The highest BCUT2D eigenvalue weighted by molar-refractivity contribution is 6.33. The van der Waals surface area contributed by atoms with Crippen molar-refractivity contribution >= 4 is 23.3 Å². The van der Waals surface area contributed by atoms with Gasteiger partial charge in [0.2, 0.25) is 11.7 Å². The second kappa shape index (κ2) is 8.13. The Morgan fingerprint density at radius 2 is 2.17 bits per heavy atom. The first-order valence-corrected chi connectivity index (χ1v) is 9.75. The Labute approximate surface area is 173 Å².